The maximum Gasteiger partial charge on any atom is 0.350 e. The highest BCUT2D eigenvalue weighted by atomic mass is 32.1. The van der Waals surface area contributed by atoms with E-state index < -0.39 is 17.9 Å². The SMILES string of the molecule is COC(=O)c1sc(N2C(=O)C3=C(C(=O)C4CCCCC4O3)C2c2ccco2)nc1C. The monoisotopic (exact) mass is 428 g/mol. The second-order valence-electron chi connectivity index (χ2n) is 7.65. The zero-order valence-electron chi connectivity index (χ0n) is 16.5. The van der Waals surface area contributed by atoms with E-state index in [0.29, 0.717) is 27.0 Å². The van der Waals surface area contributed by atoms with Gasteiger partial charge in [0.1, 0.15) is 22.8 Å². The normalized spacial score (nSPS) is 25.8. The van der Waals surface area contributed by atoms with Crippen molar-refractivity contribution in [2.24, 2.45) is 5.92 Å². The van der Waals surface area contributed by atoms with Crippen molar-refractivity contribution in [2.45, 2.75) is 44.8 Å². The highest BCUT2D eigenvalue weighted by Gasteiger charge is 2.54. The van der Waals surface area contributed by atoms with Crippen molar-refractivity contribution in [2.75, 3.05) is 12.0 Å². The molecule has 3 aliphatic rings. The van der Waals surface area contributed by atoms with Gasteiger partial charge in [-0.15, -0.1) is 0 Å². The van der Waals surface area contributed by atoms with Crippen molar-refractivity contribution in [3.05, 3.63) is 46.1 Å². The van der Waals surface area contributed by atoms with Gasteiger partial charge in [0, 0.05) is 0 Å². The maximum absolute atomic E-state index is 13.4. The van der Waals surface area contributed by atoms with E-state index in [1.807, 2.05) is 0 Å². The number of amides is 1. The Kier molecular flexibility index (Phi) is 4.50. The molecule has 30 heavy (non-hydrogen) atoms. The Labute approximate surface area is 176 Å². The molecule has 0 radical (unpaired) electrons. The molecular formula is C21H20N2O6S. The molecule has 0 aromatic carbocycles. The number of ketones is 1. The highest BCUT2D eigenvalue weighted by Crippen LogP contribution is 2.49. The standard InChI is InChI=1S/C21H20N2O6S/c1-10-18(20(26)27-2)30-21(22-10)23-15(13-8-5-9-28-13)14-16(24)11-6-3-4-7-12(11)29-17(14)19(23)25/h5,8-9,11-12,15H,3-4,6-7H2,1-2H3. The first-order chi connectivity index (χ1) is 14.5. The van der Waals surface area contributed by atoms with Crippen molar-refractivity contribution in [1.29, 1.82) is 0 Å². The fourth-order valence-corrected chi connectivity index (χ4v) is 5.54. The highest BCUT2D eigenvalue weighted by molar-refractivity contribution is 7.17. The molecule has 4 heterocycles. The number of fused-ring (bicyclic) bond motifs is 1. The summed E-state index contributed by atoms with van der Waals surface area (Å²) in [4.78, 5) is 45.1. The molecule has 156 valence electrons. The number of hydrogen-bond acceptors (Lipinski definition) is 8. The summed E-state index contributed by atoms with van der Waals surface area (Å²) in [7, 11) is 1.29. The smallest absolute Gasteiger partial charge is 0.350 e. The molecule has 9 heteroatoms. The number of thiazole rings is 1. The topological polar surface area (TPSA) is 98.9 Å². The zero-order chi connectivity index (χ0) is 21.0. The Hall–Kier alpha value is -2.94. The number of carbonyl (C=O) groups is 3. The molecule has 1 aliphatic carbocycles. The number of methoxy groups -OCH3 is 1. The molecule has 5 rings (SSSR count). The van der Waals surface area contributed by atoms with Crippen LogP contribution in [-0.4, -0.2) is 35.9 Å². The van der Waals surface area contributed by atoms with Gasteiger partial charge in [-0.2, -0.15) is 0 Å². The average molecular weight is 428 g/mol. The summed E-state index contributed by atoms with van der Waals surface area (Å²) in [5, 5.41) is 0.299. The van der Waals surface area contributed by atoms with Gasteiger partial charge in [0.2, 0.25) is 0 Å². The second-order valence-corrected chi connectivity index (χ2v) is 8.63. The first kappa shape index (κ1) is 19.0. The molecule has 3 unspecified atom stereocenters. The minimum Gasteiger partial charge on any atom is -0.483 e. The van der Waals surface area contributed by atoms with E-state index in [4.69, 9.17) is 13.9 Å². The number of nitrogens with zero attached hydrogens (tertiary/aromatic N) is 2. The van der Waals surface area contributed by atoms with Crippen LogP contribution in [0, 0.1) is 12.8 Å². The third-order valence-corrected chi connectivity index (χ3v) is 7.07. The minimum atomic E-state index is -0.770. The molecule has 0 spiro atoms. The van der Waals surface area contributed by atoms with Gasteiger partial charge in [-0.05, 0) is 38.3 Å². The van der Waals surface area contributed by atoms with Crippen LogP contribution in [-0.2, 0) is 19.1 Å². The molecule has 0 bridgehead atoms. The van der Waals surface area contributed by atoms with Crippen molar-refractivity contribution in [3.8, 4) is 0 Å². The molecule has 2 aromatic rings. The molecular weight excluding hydrogens is 408 g/mol. The van der Waals surface area contributed by atoms with Gasteiger partial charge in [0.15, 0.2) is 16.7 Å². The summed E-state index contributed by atoms with van der Waals surface area (Å²) in [5.41, 5.74) is 0.782. The first-order valence-electron chi connectivity index (χ1n) is 9.89. The lowest BCUT2D eigenvalue weighted by Gasteiger charge is -2.35. The number of Topliss-reactive ketones (excluding diaryl/α,β-unsaturated/α-hetero) is 1. The van der Waals surface area contributed by atoms with Crippen LogP contribution in [0.15, 0.2) is 34.1 Å². The van der Waals surface area contributed by atoms with Gasteiger partial charge >= 0.3 is 5.97 Å². The summed E-state index contributed by atoms with van der Waals surface area (Å²) in [6, 6.07) is 2.66. The second kappa shape index (κ2) is 7.09. The Morgan fingerprint density at radius 3 is 2.83 bits per heavy atom. The summed E-state index contributed by atoms with van der Waals surface area (Å²) < 4.78 is 16.5. The van der Waals surface area contributed by atoms with Crippen molar-refractivity contribution >= 4 is 34.1 Å². The molecule has 0 N–H and O–H groups in total. The molecule has 1 saturated carbocycles. The van der Waals surface area contributed by atoms with E-state index in [1.165, 1.54) is 18.3 Å². The molecule has 3 atom stereocenters. The summed E-state index contributed by atoms with van der Waals surface area (Å²) in [5.74, 6) is -0.724. The minimum absolute atomic E-state index is 0.0559. The number of ether oxygens (including phenoxy) is 2. The van der Waals surface area contributed by atoms with Crippen LogP contribution in [0.5, 0.6) is 0 Å². The molecule has 8 nitrogen and oxygen atoms in total. The van der Waals surface area contributed by atoms with E-state index in [-0.39, 0.29) is 23.6 Å². The molecule has 2 aliphatic heterocycles. The van der Waals surface area contributed by atoms with Crippen LogP contribution in [0.4, 0.5) is 5.13 Å². The van der Waals surface area contributed by atoms with E-state index in [1.54, 1.807) is 19.1 Å². The Balaban J connectivity index is 1.62. The number of aryl methyl sites for hydroxylation is 1. The van der Waals surface area contributed by atoms with Crippen LogP contribution in [0.2, 0.25) is 0 Å². The van der Waals surface area contributed by atoms with Crippen molar-refractivity contribution < 1.29 is 28.3 Å². The van der Waals surface area contributed by atoms with Gasteiger partial charge < -0.3 is 13.9 Å². The lowest BCUT2D eigenvalue weighted by molar-refractivity contribution is -0.131. The first-order valence-corrected chi connectivity index (χ1v) is 10.7. The van der Waals surface area contributed by atoms with Crippen LogP contribution in [0.1, 0.15) is 52.9 Å². The number of aromatic nitrogens is 1. The fraction of sp³-hybridized carbons (Fsp3) is 0.429. The number of furan rings is 1. The number of carbonyl (C=O) groups excluding carboxylic acids is 3. The van der Waals surface area contributed by atoms with Crippen LogP contribution in [0.3, 0.4) is 0 Å². The van der Waals surface area contributed by atoms with Gasteiger partial charge in [-0.3, -0.25) is 14.5 Å². The Morgan fingerprint density at radius 1 is 1.30 bits per heavy atom. The van der Waals surface area contributed by atoms with Gasteiger partial charge in [-0.25, -0.2) is 9.78 Å². The van der Waals surface area contributed by atoms with Gasteiger partial charge in [0.05, 0.1) is 30.6 Å². The summed E-state index contributed by atoms with van der Waals surface area (Å²) in [6.45, 7) is 1.68. The fourth-order valence-electron chi connectivity index (χ4n) is 4.53. The molecule has 1 amide bonds. The van der Waals surface area contributed by atoms with Crippen LogP contribution >= 0.6 is 11.3 Å². The number of hydrogen-bond donors (Lipinski definition) is 0. The third kappa shape index (κ3) is 2.72. The van der Waals surface area contributed by atoms with E-state index in [9.17, 15) is 14.4 Å². The number of rotatable bonds is 3. The summed E-state index contributed by atoms with van der Waals surface area (Å²) >= 11 is 1.05. The average Bonchev–Trinajstić information content (AvgIpc) is 3.46. The van der Waals surface area contributed by atoms with E-state index >= 15 is 0 Å². The maximum atomic E-state index is 13.4. The van der Waals surface area contributed by atoms with Crippen LogP contribution in [0.25, 0.3) is 0 Å². The van der Waals surface area contributed by atoms with Gasteiger partial charge in [-0.1, -0.05) is 17.8 Å². The van der Waals surface area contributed by atoms with E-state index in [0.717, 1.165) is 37.0 Å². The Morgan fingerprint density at radius 2 is 2.10 bits per heavy atom. The third-order valence-electron chi connectivity index (χ3n) is 5.94. The summed E-state index contributed by atoms with van der Waals surface area (Å²) in [6.07, 6.45) is 4.69. The molecule has 2 aromatic heterocycles. The Bertz CT molecular complexity index is 1070. The quantitative estimate of drug-likeness (QED) is 0.692. The van der Waals surface area contributed by atoms with Crippen LogP contribution < -0.4 is 4.90 Å². The lowest BCUT2D eigenvalue weighted by Crippen LogP contribution is -2.39. The number of esters is 1. The zero-order valence-corrected chi connectivity index (χ0v) is 17.4. The predicted molar refractivity (Wildman–Crippen MR) is 106 cm³/mol. The molecule has 1 fully saturated rings. The molecule has 0 saturated heterocycles. The van der Waals surface area contributed by atoms with Crippen molar-refractivity contribution in [1.82, 2.24) is 4.98 Å². The van der Waals surface area contributed by atoms with Crippen molar-refractivity contribution in [3.63, 3.8) is 0 Å². The van der Waals surface area contributed by atoms with E-state index in [2.05, 4.69) is 4.98 Å². The predicted octanol–water partition coefficient (Wildman–Crippen LogP) is 3.33. The lowest BCUT2D eigenvalue weighted by atomic mass is 9.78. The van der Waals surface area contributed by atoms with Gasteiger partial charge in [0.25, 0.3) is 5.91 Å². The number of anilines is 1. The largest absolute Gasteiger partial charge is 0.483 e.